The molecule has 1 heterocycles. The maximum Gasteiger partial charge on any atom is 0.145 e. The molecule has 11 rings (SSSR count). The minimum Gasteiger partial charge on any atom is -0.310 e. The van der Waals surface area contributed by atoms with Crippen LogP contribution in [0.2, 0.25) is 0 Å². The van der Waals surface area contributed by atoms with Crippen LogP contribution in [0.5, 0.6) is 0 Å². The summed E-state index contributed by atoms with van der Waals surface area (Å²) in [5.74, 6) is 0.942. The minimum atomic E-state index is 0.0988. The van der Waals surface area contributed by atoms with Crippen molar-refractivity contribution in [2.24, 2.45) is 5.41 Å². The van der Waals surface area contributed by atoms with Crippen LogP contribution in [0.3, 0.4) is 0 Å². The van der Waals surface area contributed by atoms with Crippen LogP contribution in [0.1, 0.15) is 45.1 Å². The SMILES string of the molecule is CC1(C)C2=C(CCC=C2)C2=C1CCC=C2c1ccc(N(c2ccccc2)c2cccc3c2ccc2c3ccc3c2nc(-c2ccccc2)n3-c2ccccc2)cc1. The number of hydrogen-bond acceptors (Lipinski definition) is 2. The second-order valence-corrected chi connectivity index (χ2v) is 16.1. The second kappa shape index (κ2) is 13.2. The van der Waals surface area contributed by atoms with Gasteiger partial charge in [-0.05, 0) is 113 Å². The number of para-hydroxylation sites is 2. The molecule has 0 saturated heterocycles. The second-order valence-electron chi connectivity index (χ2n) is 16.1. The Labute approximate surface area is 334 Å². The fourth-order valence-electron chi connectivity index (χ4n) is 9.96. The zero-order chi connectivity index (χ0) is 38.1. The van der Waals surface area contributed by atoms with Crippen molar-refractivity contribution in [2.45, 2.75) is 39.5 Å². The van der Waals surface area contributed by atoms with Gasteiger partial charge in [-0.3, -0.25) is 4.57 Å². The summed E-state index contributed by atoms with van der Waals surface area (Å²) in [5, 5.41) is 4.75. The predicted molar refractivity (Wildman–Crippen MR) is 240 cm³/mol. The molecular weight excluding hydrogens is 691 g/mol. The van der Waals surface area contributed by atoms with E-state index in [-0.39, 0.29) is 5.41 Å². The van der Waals surface area contributed by atoms with Crippen molar-refractivity contribution >= 4 is 55.2 Å². The molecule has 0 N–H and O–H groups in total. The number of aromatic nitrogens is 2. The van der Waals surface area contributed by atoms with Gasteiger partial charge in [0, 0.05) is 38.8 Å². The van der Waals surface area contributed by atoms with Crippen molar-refractivity contribution in [3.63, 3.8) is 0 Å². The summed E-state index contributed by atoms with van der Waals surface area (Å²) in [6, 6.07) is 57.1. The summed E-state index contributed by atoms with van der Waals surface area (Å²) >= 11 is 0. The lowest BCUT2D eigenvalue weighted by atomic mass is 9.76. The average Bonchev–Trinajstić information content (AvgIpc) is 3.78. The number of imidazole rings is 1. The smallest absolute Gasteiger partial charge is 0.145 e. The number of fused-ring (bicyclic) bond motifs is 6. The van der Waals surface area contributed by atoms with Crippen LogP contribution < -0.4 is 4.90 Å². The molecule has 0 bridgehead atoms. The van der Waals surface area contributed by atoms with Gasteiger partial charge in [-0.25, -0.2) is 4.98 Å². The normalized spacial score (nSPS) is 16.0. The lowest BCUT2D eigenvalue weighted by Gasteiger charge is -2.29. The lowest BCUT2D eigenvalue weighted by molar-refractivity contribution is 0.533. The van der Waals surface area contributed by atoms with Gasteiger partial charge in [-0.2, -0.15) is 0 Å². The van der Waals surface area contributed by atoms with Crippen molar-refractivity contribution < 1.29 is 0 Å². The molecule has 0 radical (unpaired) electrons. The summed E-state index contributed by atoms with van der Waals surface area (Å²) in [5.41, 5.74) is 16.8. The Kier molecular flexibility index (Phi) is 7.79. The summed E-state index contributed by atoms with van der Waals surface area (Å²) in [4.78, 5) is 7.80. The first-order chi connectivity index (χ1) is 28.1. The standard InChI is InChI=1S/C54H43N3/c1-54(2)47-25-13-12-22-46(47)51-41(23-14-26-48(51)54)36-28-30-40(31-29-36)56(38-18-8-4-9-19-38)49-27-15-24-42-43-34-35-50-52(45(43)33-32-44(42)49)55-53(37-16-6-3-7-17-37)57(50)39-20-10-5-11-21-39/h3-11,13,15-21,23-25,27-35H,12,14,22,26H2,1-2H3. The third-order valence-electron chi connectivity index (χ3n) is 12.6. The molecule has 0 fully saturated rings. The summed E-state index contributed by atoms with van der Waals surface area (Å²) in [6.07, 6.45) is 11.8. The summed E-state index contributed by atoms with van der Waals surface area (Å²) in [6.45, 7) is 4.86. The number of benzene rings is 7. The molecule has 8 aromatic rings. The van der Waals surface area contributed by atoms with Crippen LogP contribution in [0.25, 0.3) is 55.2 Å². The zero-order valence-electron chi connectivity index (χ0n) is 32.4. The highest BCUT2D eigenvalue weighted by Gasteiger charge is 2.41. The first-order valence-electron chi connectivity index (χ1n) is 20.3. The molecule has 0 saturated carbocycles. The highest BCUT2D eigenvalue weighted by Crippen LogP contribution is 2.56. The van der Waals surface area contributed by atoms with E-state index in [1.807, 2.05) is 0 Å². The third-order valence-corrected chi connectivity index (χ3v) is 12.6. The van der Waals surface area contributed by atoms with Gasteiger partial charge in [0.05, 0.1) is 16.7 Å². The Hall–Kier alpha value is -6.71. The molecule has 57 heavy (non-hydrogen) atoms. The van der Waals surface area contributed by atoms with E-state index in [1.165, 1.54) is 38.4 Å². The molecule has 0 aliphatic heterocycles. The molecule has 274 valence electrons. The van der Waals surface area contributed by atoms with Crippen LogP contribution >= 0.6 is 0 Å². The first kappa shape index (κ1) is 33.6. The van der Waals surface area contributed by atoms with Gasteiger partial charge in [-0.1, -0.05) is 147 Å². The largest absolute Gasteiger partial charge is 0.310 e. The van der Waals surface area contributed by atoms with E-state index in [0.717, 1.165) is 76.2 Å². The van der Waals surface area contributed by atoms with E-state index in [1.54, 1.807) is 11.1 Å². The van der Waals surface area contributed by atoms with E-state index in [0.29, 0.717) is 0 Å². The average molecular weight is 734 g/mol. The Morgan fingerprint density at radius 1 is 0.579 bits per heavy atom. The van der Waals surface area contributed by atoms with E-state index >= 15 is 0 Å². The highest BCUT2D eigenvalue weighted by molar-refractivity contribution is 6.19. The fourth-order valence-corrected chi connectivity index (χ4v) is 9.96. The van der Waals surface area contributed by atoms with E-state index in [4.69, 9.17) is 4.98 Å². The van der Waals surface area contributed by atoms with Gasteiger partial charge in [-0.15, -0.1) is 0 Å². The number of rotatable bonds is 6. The number of allylic oxidation sites excluding steroid dienone is 8. The number of hydrogen-bond donors (Lipinski definition) is 0. The zero-order valence-corrected chi connectivity index (χ0v) is 32.4. The molecule has 3 aliphatic carbocycles. The Balaban J connectivity index is 1.04. The topological polar surface area (TPSA) is 21.1 Å². The minimum absolute atomic E-state index is 0.0988. The van der Waals surface area contributed by atoms with Gasteiger partial charge in [0.15, 0.2) is 0 Å². The molecular formula is C54H43N3. The van der Waals surface area contributed by atoms with Crippen LogP contribution in [0.4, 0.5) is 17.1 Å². The first-order valence-corrected chi connectivity index (χ1v) is 20.3. The molecule has 7 aromatic carbocycles. The molecule has 3 aliphatic rings. The van der Waals surface area contributed by atoms with Crippen LogP contribution in [-0.2, 0) is 0 Å². The maximum atomic E-state index is 5.38. The third kappa shape index (κ3) is 5.29. The molecule has 3 nitrogen and oxygen atoms in total. The molecule has 0 spiro atoms. The lowest BCUT2D eigenvalue weighted by Crippen LogP contribution is -2.15. The predicted octanol–water partition coefficient (Wildman–Crippen LogP) is 14.6. The van der Waals surface area contributed by atoms with E-state index in [2.05, 4.69) is 199 Å². The van der Waals surface area contributed by atoms with Gasteiger partial charge in [0.1, 0.15) is 5.82 Å². The quantitative estimate of drug-likeness (QED) is 0.159. The number of nitrogens with zero attached hydrogens (tertiary/aromatic N) is 3. The number of anilines is 3. The van der Waals surface area contributed by atoms with Crippen LogP contribution in [0, 0.1) is 5.41 Å². The van der Waals surface area contributed by atoms with Crippen molar-refractivity contribution in [1.29, 1.82) is 0 Å². The van der Waals surface area contributed by atoms with Gasteiger partial charge in [0.2, 0.25) is 0 Å². The van der Waals surface area contributed by atoms with Crippen molar-refractivity contribution in [3.8, 4) is 17.1 Å². The summed E-state index contributed by atoms with van der Waals surface area (Å²) in [7, 11) is 0. The summed E-state index contributed by atoms with van der Waals surface area (Å²) < 4.78 is 2.29. The molecule has 0 amide bonds. The van der Waals surface area contributed by atoms with E-state index in [9.17, 15) is 0 Å². The Morgan fingerprint density at radius 3 is 2.05 bits per heavy atom. The van der Waals surface area contributed by atoms with Crippen molar-refractivity contribution in [3.05, 3.63) is 204 Å². The van der Waals surface area contributed by atoms with Gasteiger partial charge >= 0.3 is 0 Å². The molecule has 0 atom stereocenters. The van der Waals surface area contributed by atoms with Gasteiger partial charge in [0.25, 0.3) is 0 Å². The van der Waals surface area contributed by atoms with Crippen LogP contribution in [0.15, 0.2) is 198 Å². The molecule has 0 unspecified atom stereocenters. The highest BCUT2D eigenvalue weighted by atomic mass is 15.1. The monoisotopic (exact) mass is 733 g/mol. The fraction of sp³-hybridized carbons (Fsp3) is 0.130. The van der Waals surface area contributed by atoms with Crippen molar-refractivity contribution in [1.82, 2.24) is 9.55 Å². The molecule has 3 heteroatoms. The van der Waals surface area contributed by atoms with Crippen molar-refractivity contribution in [2.75, 3.05) is 4.90 Å². The Bertz CT molecular complexity index is 3000. The van der Waals surface area contributed by atoms with E-state index < -0.39 is 0 Å². The maximum absolute atomic E-state index is 5.38. The Morgan fingerprint density at radius 2 is 1.26 bits per heavy atom. The van der Waals surface area contributed by atoms with Gasteiger partial charge < -0.3 is 4.90 Å². The molecule has 1 aromatic heterocycles. The van der Waals surface area contributed by atoms with Crippen LogP contribution in [-0.4, -0.2) is 9.55 Å².